The predicted octanol–water partition coefficient (Wildman–Crippen LogP) is 3.20. The minimum atomic E-state index is -1.26. The summed E-state index contributed by atoms with van der Waals surface area (Å²) in [6.07, 6.45) is 7.34. The van der Waals surface area contributed by atoms with Crippen LogP contribution in [0.5, 0.6) is 0 Å². The number of hydrogen-bond donors (Lipinski definition) is 0. The summed E-state index contributed by atoms with van der Waals surface area (Å²) < 4.78 is 12.4. The van der Waals surface area contributed by atoms with Crippen molar-refractivity contribution in [2.24, 2.45) is 5.92 Å². The maximum atomic E-state index is 12.4. The van der Waals surface area contributed by atoms with Gasteiger partial charge in [-0.3, -0.25) is 4.79 Å². The van der Waals surface area contributed by atoms with Crippen molar-refractivity contribution in [3.8, 4) is 0 Å². The van der Waals surface area contributed by atoms with Crippen LogP contribution in [-0.4, -0.2) is 6.04 Å². The quantitative estimate of drug-likeness (QED) is 0.471. The highest BCUT2D eigenvalue weighted by Crippen LogP contribution is 2.16. The smallest absolute Gasteiger partial charge is 0.260 e. The number of hydrogen-bond acceptors (Lipinski definition) is 1. The summed E-state index contributed by atoms with van der Waals surface area (Å²) in [5, 5.41) is 0. The summed E-state index contributed by atoms with van der Waals surface area (Å²) in [5.41, 5.74) is 0.744. The van der Waals surface area contributed by atoms with Gasteiger partial charge >= 0.3 is 6.04 Å². The second-order valence-corrected chi connectivity index (χ2v) is 2.80. The highest BCUT2D eigenvalue weighted by atomic mass is 19.1. The van der Waals surface area contributed by atoms with Gasteiger partial charge in [-0.25, -0.2) is 0 Å². The molecule has 0 heterocycles. The molecule has 72 valence electrons. The van der Waals surface area contributed by atoms with Crippen LogP contribution in [0.4, 0.5) is 4.39 Å². The Bertz CT molecular complexity index is 238. The standard InChI is InChI=1S/C11H15FO/c1-4-6-7-8-9(3)10(5-2)11(12)13/h4,6-8,10H,1,5H2,2-3H3/b7-6-,9-8+. The number of halogens is 1. The molecular weight excluding hydrogens is 167 g/mol. The second kappa shape index (κ2) is 6.35. The summed E-state index contributed by atoms with van der Waals surface area (Å²) in [6, 6.07) is -1.26. The van der Waals surface area contributed by atoms with Gasteiger partial charge in [0.25, 0.3) is 0 Å². The Morgan fingerprint density at radius 1 is 1.54 bits per heavy atom. The number of rotatable bonds is 5. The van der Waals surface area contributed by atoms with Crippen LogP contribution < -0.4 is 0 Å². The van der Waals surface area contributed by atoms with Crippen LogP contribution in [0.15, 0.2) is 36.5 Å². The van der Waals surface area contributed by atoms with E-state index in [1.165, 1.54) is 0 Å². The van der Waals surface area contributed by atoms with Gasteiger partial charge in [0.2, 0.25) is 0 Å². The Hall–Kier alpha value is -1.18. The lowest BCUT2D eigenvalue weighted by atomic mass is 9.98. The third-order valence-electron chi connectivity index (χ3n) is 1.84. The number of carbonyl (C=O) groups excluding carboxylic acids is 1. The molecule has 0 aliphatic rings. The first-order valence-electron chi connectivity index (χ1n) is 4.28. The highest BCUT2D eigenvalue weighted by molar-refractivity contribution is 5.74. The molecule has 0 aliphatic heterocycles. The Balaban J connectivity index is 4.43. The van der Waals surface area contributed by atoms with Gasteiger partial charge in [-0.2, -0.15) is 4.39 Å². The normalized spacial score (nSPS) is 14.5. The lowest BCUT2D eigenvalue weighted by molar-refractivity contribution is -0.132. The largest absolute Gasteiger partial charge is 0.308 e. The zero-order valence-electron chi connectivity index (χ0n) is 8.09. The molecule has 0 spiro atoms. The lowest BCUT2D eigenvalue weighted by Crippen LogP contribution is -2.09. The van der Waals surface area contributed by atoms with Crippen molar-refractivity contribution in [1.29, 1.82) is 0 Å². The van der Waals surface area contributed by atoms with Gasteiger partial charge in [-0.1, -0.05) is 43.4 Å². The molecule has 0 N–H and O–H groups in total. The van der Waals surface area contributed by atoms with Crippen molar-refractivity contribution in [3.63, 3.8) is 0 Å². The van der Waals surface area contributed by atoms with Crippen molar-refractivity contribution in [2.45, 2.75) is 20.3 Å². The van der Waals surface area contributed by atoms with E-state index < -0.39 is 12.0 Å². The van der Waals surface area contributed by atoms with Crippen molar-refractivity contribution >= 4 is 6.04 Å². The van der Waals surface area contributed by atoms with E-state index in [-0.39, 0.29) is 0 Å². The van der Waals surface area contributed by atoms with Crippen LogP contribution >= 0.6 is 0 Å². The SMILES string of the molecule is C=C/C=C\C=C(/C)C(CC)C(=O)F. The van der Waals surface area contributed by atoms with Crippen LogP contribution in [0.2, 0.25) is 0 Å². The van der Waals surface area contributed by atoms with Gasteiger partial charge in [-0.05, 0) is 13.3 Å². The minimum absolute atomic E-state index is 0.500. The molecule has 0 fully saturated rings. The van der Waals surface area contributed by atoms with E-state index in [4.69, 9.17) is 0 Å². The average Bonchev–Trinajstić information content (AvgIpc) is 2.05. The van der Waals surface area contributed by atoms with Crippen LogP contribution in [0, 0.1) is 5.92 Å². The van der Waals surface area contributed by atoms with E-state index in [2.05, 4.69) is 6.58 Å². The summed E-state index contributed by atoms with van der Waals surface area (Å²) in [6.45, 7) is 7.04. The Morgan fingerprint density at radius 2 is 2.15 bits per heavy atom. The van der Waals surface area contributed by atoms with Gasteiger partial charge in [0.15, 0.2) is 0 Å². The van der Waals surface area contributed by atoms with Gasteiger partial charge in [-0.15, -0.1) is 0 Å². The van der Waals surface area contributed by atoms with Crippen molar-refractivity contribution in [2.75, 3.05) is 0 Å². The maximum Gasteiger partial charge on any atom is 0.308 e. The van der Waals surface area contributed by atoms with E-state index >= 15 is 0 Å². The molecule has 0 amide bonds. The number of carbonyl (C=O) groups is 1. The molecule has 0 saturated heterocycles. The van der Waals surface area contributed by atoms with Crippen LogP contribution in [0.1, 0.15) is 20.3 Å². The third kappa shape index (κ3) is 4.41. The predicted molar refractivity (Wildman–Crippen MR) is 53.0 cm³/mol. The molecule has 0 aromatic carbocycles. The zero-order chi connectivity index (χ0) is 10.3. The topological polar surface area (TPSA) is 17.1 Å². The molecule has 0 rings (SSSR count). The van der Waals surface area contributed by atoms with Gasteiger partial charge in [0, 0.05) is 0 Å². The molecule has 0 bridgehead atoms. The van der Waals surface area contributed by atoms with Crippen LogP contribution in [-0.2, 0) is 4.79 Å². The second-order valence-electron chi connectivity index (χ2n) is 2.80. The Morgan fingerprint density at radius 3 is 2.54 bits per heavy atom. The molecule has 2 heteroatoms. The number of allylic oxidation sites excluding steroid dienone is 5. The molecule has 1 atom stereocenters. The molecule has 0 aromatic heterocycles. The molecule has 0 radical (unpaired) electrons. The van der Waals surface area contributed by atoms with E-state index in [9.17, 15) is 9.18 Å². The van der Waals surface area contributed by atoms with Crippen LogP contribution in [0.3, 0.4) is 0 Å². The minimum Gasteiger partial charge on any atom is -0.260 e. The Labute approximate surface area is 78.6 Å². The van der Waals surface area contributed by atoms with Crippen molar-refractivity contribution in [3.05, 3.63) is 36.5 Å². The van der Waals surface area contributed by atoms with Gasteiger partial charge < -0.3 is 0 Å². The molecule has 1 unspecified atom stereocenters. The highest BCUT2D eigenvalue weighted by Gasteiger charge is 2.16. The lowest BCUT2D eigenvalue weighted by Gasteiger charge is -2.07. The summed E-state index contributed by atoms with van der Waals surface area (Å²) >= 11 is 0. The molecular formula is C11H15FO. The summed E-state index contributed by atoms with van der Waals surface area (Å²) in [5.74, 6) is -0.588. The molecule has 0 aromatic rings. The molecule has 1 nitrogen and oxygen atoms in total. The van der Waals surface area contributed by atoms with Crippen molar-refractivity contribution in [1.82, 2.24) is 0 Å². The first-order valence-corrected chi connectivity index (χ1v) is 4.28. The molecule has 13 heavy (non-hydrogen) atoms. The van der Waals surface area contributed by atoms with Gasteiger partial charge in [0.1, 0.15) is 0 Å². The monoisotopic (exact) mass is 182 g/mol. The average molecular weight is 182 g/mol. The van der Waals surface area contributed by atoms with E-state index in [0.717, 1.165) is 5.57 Å². The molecule has 0 aliphatic carbocycles. The van der Waals surface area contributed by atoms with Crippen molar-refractivity contribution < 1.29 is 9.18 Å². The maximum absolute atomic E-state index is 12.4. The first kappa shape index (κ1) is 11.8. The fourth-order valence-corrected chi connectivity index (χ4v) is 1.06. The van der Waals surface area contributed by atoms with E-state index in [1.54, 1.807) is 38.2 Å². The summed E-state index contributed by atoms with van der Waals surface area (Å²) in [7, 11) is 0. The summed E-state index contributed by atoms with van der Waals surface area (Å²) in [4.78, 5) is 10.5. The molecule has 0 saturated carbocycles. The zero-order valence-corrected chi connectivity index (χ0v) is 8.09. The van der Waals surface area contributed by atoms with Crippen LogP contribution in [0.25, 0.3) is 0 Å². The van der Waals surface area contributed by atoms with E-state index in [0.29, 0.717) is 6.42 Å². The van der Waals surface area contributed by atoms with E-state index in [1.807, 2.05) is 0 Å². The fraction of sp³-hybridized carbons (Fsp3) is 0.364. The fourth-order valence-electron chi connectivity index (χ4n) is 1.06. The third-order valence-corrected chi connectivity index (χ3v) is 1.84. The Kier molecular flexibility index (Phi) is 5.77. The van der Waals surface area contributed by atoms with Gasteiger partial charge in [0.05, 0.1) is 5.92 Å². The first-order chi connectivity index (χ1) is 6.13.